The van der Waals surface area contributed by atoms with E-state index in [0.29, 0.717) is 35.4 Å². The average molecular weight is 2040 g/mol. The van der Waals surface area contributed by atoms with Crippen molar-refractivity contribution in [1.82, 2.24) is 0 Å². The van der Waals surface area contributed by atoms with Crippen LogP contribution in [0.2, 0.25) is 0 Å². The summed E-state index contributed by atoms with van der Waals surface area (Å²) in [5.41, 5.74) is 0.648. The number of rotatable bonds is 49. The van der Waals surface area contributed by atoms with E-state index in [1.54, 1.807) is 6.07 Å². The maximum Gasteiger partial charge on any atom is 0.460 e. The zero-order chi connectivity index (χ0) is 102. The lowest BCUT2D eigenvalue weighted by atomic mass is 9.88. The van der Waals surface area contributed by atoms with Crippen molar-refractivity contribution in [3.63, 3.8) is 0 Å². The van der Waals surface area contributed by atoms with Crippen LogP contribution in [-0.2, 0) is 46.4 Å². The van der Waals surface area contributed by atoms with Crippen molar-refractivity contribution in [3.05, 3.63) is 132 Å². The topological polar surface area (TPSA) is 120 Å². The molecule has 4 aromatic carbocycles. The summed E-state index contributed by atoms with van der Waals surface area (Å²) < 4.78 is 769. The molecule has 1 aliphatic heterocycles. The third kappa shape index (κ3) is 21.0. The molecule has 5 rings (SSSR count). The van der Waals surface area contributed by atoms with Gasteiger partial charge in [-0.2, -0.15) is 224 Å². The van der Waals surface area contributed by atoms with Crippen molar-refractivity contribution in [1.29, 1.82) is 0 Å². The quantitative estimate of drug-likeness (QED) is 0.0258. The summed E-state index contributed by atoms with van der Waals surface area (Å²) in [6, 6.07) is 24.3. The second kappa shape index (κ2) is 38.9. The zero-order valence-corrected chi connectivity index (χ0v) is 63.7. The molecule has 0 aliphatic carbocycles. The number of esters is 1. The molecule has 1 heterocycles. The van der Waals surface area contributed by atoms with E-state index in [2.05, 4.69) is 4.74 Å². The Labute approximate surface area is 702 Å². The zero-order valence-electron chi connectivity index (χ0n) is 63.7. The third-order valence-electron chi connectivity index (χ3n) is 18.8. The summed E-state index contributed by atoms with van der Waals surface area (Å²) in [6.45, 7) is -13.1. The van der Waals surface area contributed by atoms with E-state index in [1.807, 2.05) is 0 Å². The van der Waals surface area contributed by atoms with Gasteiger partial charge in [0.2, 0.25) is 6.29 Å². The van der Waals surface area contributed by atoms with Crippen LogP contribution in [0.15, 0.2) is 115 Å². The highest BCUT2D eigenvalue weighted by atomic mass is 19.5. The Morgan fingerprint density at radius 1 is 0.318 bits per heavy atom. The van der Waals surface area contributed by atoms with E-state index in [0.717, 1.165) is 0 Å². The number of benzene rings is 4. The number of ether oxygens (including phenoxy) is 9. The molecule has 4 aromatic rings. The minimum atomic E-state index is -9.29. The van der Waals surface area contributed by atoms with Gasteiger partial charge in [0.1, 0.15) is 61.3 Å². The lowest BCUT2D eigenvalue weighted by Gasteiger charge is -2.43. The fourth-order valence-corrected chi connectivity index (χ4v) is 11.0. The molecule has 7 atom stereocenters. The second-order valence-electron chi connectivity index (χ2n) is 28.1. The minimum Gasteiger partial charge on any atom is -0.491 e. The third-order valence-corrected chi connectivity index (χ3v) is 18.8. The van der Waals surface area contributed by atoms with E-state index < -0.39 is 295 Å². The molecule has 1 N–H and O–H groups in total. The molecule has 62 heteroatoms. The lowest BCUT2D eigenvalue weighted by Crippen LogP contribution is -2.74. The van der Waals surface area contributed by atoms with Crippen LogP contribution in [0.1, 0.15) is 60.0 Å². The van der Waals surface area contributed by atoms with Crippen LogP contribution in [0.5, 0.6) is 11.5 Å². The van der Waals surface area contributed by atoms with E-state index in [9.17, 15) is 199 Å². The Bertz CT molecular complexity index is 4340. The summed E-state index contributed by atoms with van der Waals surface area (Å²) in [7, 11) is 0. The maximum atomic E-state index is 15.2. The van der Waals surface area contributed by atoms with Crippen LogP contribution in [0, 0.1) is 0 Å². The Morgan fingerprint density at radius 2 is 0.591 bits per heavy atom. The standard InChI is InChI=1S/C70H55F51O11/c71-47(72,50(77,78)53(83,84)56(89,90)59(95,96)62(101,102)65(107,108)68(113,114)115)23-10-26-124-31-39(125-27-11-24-48(73,74)51(79,80)54(85,86)57(91,92)60(97,98)63(103,104)66(109,110)69(116,117)118)40(126-28-12-25-49(75,76)52(81,82)55(87,88)58(93,94)61(99,100)64(105,106)67(111,112)70(119,120)121)32-127-37-19-21-38(22-20-37)131-46-44(129-30-35-15-6-2-7-16-35)43(128-29-34-13-4-1-5-14-34)42(122)41(132-46)33-130-45(123)36-17-8-3-9-18-36/h1-9,13-22,39-44,46,122H,10-12,23-33H2/t39-,40+,41-,42-,43+,44-,46-/m1/s1. The average Bonchev–Trinajstić information content (AvgIpc) is 0.702. The Morgan fingerprint density at radius 3 is 0.909 bits per heavy atom. The predicted molar refractivity (Wildman–Crippen MR) is 334 cm³/mol. The van der Waals surface area contributed by atoms with Crippen molar-refractivity contribution in [2.75, 3.05) is 39.6 Å². The van der Waals surface area contributed by atoms with Gasteiger partial charge >= 0.3 is 149 Å². The molecule has 1 fully saturated rings. The highest BCUT2D eigenvalue weighted by molar-refractivity contribution is 5.89. The predicted octanol–water partition coefficient (Wildman–Crippen LogP) is 23.7. The van der Waals surface area contributed by atoms with Gasteiger partial charge in [-0.05, 0) is 66.8 Å². The molecule has 0 amide bonds. The van der Waals surface area contributed by atoms with Crippen LogP contribution in [-0.4, -0.2) is 237 Å². The summed E-state index contributed by atoms with van der Waals surface area (Å²) in [5.74, 6) is -187. The van der Waals surface area contributed by atoms with E-state index in [-0.39, 0.29) is 5.56 Å². The first-order chi connectivity index (χ1) is 59.2. The molecule has 132 heavy (non-hydrogen) atoms. The van der Waals surface area contributed by atoms with Crippen molar-refractivity contribution in [2.24, 2.45) is 0 Å². The van der Waals surface area contributed by atoms with Gasteiger partial charge in [-0.3, -0.25) is 0 Å². The number of carbonyl (C=O) groups excluding carboxylic acids is 1. The normalized spacial score (nSPS) is 18.9. The van der Waals surface area contributed by atoms with Gasteiger partial charge in [-0.15, -0.1) is 0 Å². The molecule has 0 radical (unpaired) electrons. The second-order valence-corrected chi connectivity index (χ2v) is 28.1. The molecule has 1 saturated heterocycles. The monoisotopic (exact) mass is 2040 g/mol. The fourth-order valence-electron chi connectivity index (χ4n) is 11.0. The number of hydrogen-bond donors (Lipinski definition) is 1. The maximum absolute atomic E-state index is 15.2. The van der Waals surface area contributed by atoms with Crippen molar-refractivity contribution < 1.29 is 276 Å². The largest absolute Gasteiger partial charge is 0.491 e. The van der Waals surface area contributed by atoms with Crippen molar-refractivity contribution in [2.45, 2.75) is 238 Å². The van der Waals surface area contributed by atoms with E-state index >= 15 is 35.1 Å². The molecule has 1 aliphatic rings. The smallest absolute Gasteiger partial charge is 0.460 e. The van der Waals surface area contributed by atoms with Crippen LogP contribution in [0.3, 0.4) is 0 Å². The summed E-state index contributed by atoms with van der Waals surface area (Å²) in [6.07, 6.45) is -58.5. The van der Waals surface area contributed by atoms with Gasteiger partial charge in [-0.25, -0.2) is 4.79 Å². The van der Waals surface area contributed by atoms with Crippen LogP contribution >= 0.6 is 0 Å². The first kappa shape index (κ1) is 115. The lowest BCUT2D eigenvalue weighted by molar-refractivity contribution is -0.461. The summed E-state index contributed by atoms with van der Waals surface area (Å²) in [4.78, 5) is 13.1. The number of hydrogen-bond acceptors (Lipinski definition) is 11. The van der Waals surface area contributed by atoms with Gasteiger partial charge in [0.15, 0.2) is 0 Å². The van der Waals surface area contributed by atoms with Gasteiger partial charge in [0.25, 0.3) is 0 Å². The molecule has 0 bridgehead atoms. The Balaban J connectivity index is 1.64. The number of carbonyl (C=O) groups is 1. The fraction of sp³-hybridized carbons (Fsp3) is 0.643. The van der Waals surface area contributed by atoms with Crippen LogP contribution < -0.4 is 9.47 Å². The van der Waals surface area contributed by atoms with Crippen LogP contribution in [0.4, 0.5) is 224 Å². The van der Waals surface area contributed by atoms with Crippen molar-refractivity contribution in [3.8, 4) is 11.5 Å². The number of aliphatic hydroxyl groups is 1. The van der Waals surface area contributed by atoms with Gasteiger partial charge in [0.05, 0.1) is 25.4 Å². The van der Waals surface area contributed by atoms with Crippen molar-refractivity contribution >= 4 is 5.97 Å². The molecule has 0 spiro atoms. The van der Waals surface area contributed by atoms with Gasteiger partial charge in [0, 0.05) is 39.1 Å². The van der Waals surface area contributed by atoms with Gasteiger partial charge < -0.3 is 47.7 Å². The van der Waals surface area contributed by atoms with Gasteiger partial charge in [-0.1, -0.05) is 78.9 Å². The first-order valence-corrected chi connectivity index (χ1v) is 35.4. The Hall–Kier alpha value is -7.90. The van der Waals surface area contributed by atoms with E-state index in [1.165, 1.54) is 84.9 Å². The number of alkyl halides is 51. The molecule has 0 unspecified atom stereocenters. The first-order valence-electron chi connectivity index (χ1n) is 35.4. The molecule has 11 nitrogen and oxygen atoms in total. The molecule has 758 valence electrons. The highest BCUT2D eigenvalue weighted by Crippen LogP contribution is 2.69. The Kier molecular flexibility index (Phi) is 33.8. The molecular weight excluding hydrogens is 1990 g/mol. The number of aliphatic hydroxyl groups excluding tert-OH is 1. The molecule has 0 saturated carbocycles. The molecular formula is C70H55F51O11. The number of halogens is 51. The van der Waals surface area contributed by atoms with Crippen LogP contribution in [0.25, 0.3) is 0 Å². The summed E-state index contributed by atoms with van der Waals surface area (Å²) in [5, 5.41) is 11.8. The minimum absolute atomic E-state index is 0.0973. The SMILES string of the molecule is O=C(OC[C@H]1O[C@@H](Oc2ccc(OC[C@H](OCCCC(F)(F)C(F)(F)C(F)(F)C(F)(F)C(F)(F)C(F)(F)C(F)(F)C(F)(F)F)[C@@H](COCCCC(F)(F)C(F)(F)C(F)(F)C(F)(F)C(F)(F)C(F)(F)C(F)(F)C(F)(F)F)OCCCC(F)(F)C(F)(F)C(F)(F)C(F)(F)C(F)(F)C(F)(F)C(F)(F)C(F)(F)F)cc2)[C@H](OCc2ccccc2)[C@@H](OCc2ccccc2)[C@@H]1O)c1ccccc1. The molecule has 0 aromatic heterocycles. The summed E-state index contributed by atoms with van der Waals surface area (Å²) >= 11 is 0. The highest BCUT2D eigenvalue weighted by Gasteiger charge is 2.99. The van der Waals surface area contributed by atoms with E-state index in [4.69, 9.17) is 37.9 Å².